The Kier molecular flexibility index (Phi) is 8.74. The van der Waals surface area contributed by atoms with Gasteiger partial charge in [0.25, 0.3) is 5.91 Å². The van der Waals surface area contributed by atoms with Gasteiger partial charge in [-0.2, -0.15) is 0 Å². The van der Waals surface area contributed by atoms with Crippen molar-refractivity contribution in [3.63, 3.8) is 0 Å². The third-order valence-electron chi connectivity index (χ3n) is 8.80. The Bertz CT molecular complexity index is 1530. The van der Waals surface area contributed by atoms with Crippen molar-refractivity contribution >= 4 is 34.8 Å². The van der Waals surface area contributed by atoms with Gasteiger partial charge in [0.15, 0.2) is 29.7 Å². The third-order valence-corrected chi connectivity index (χ3v) is 9.21. The molecule has 8 heteroatoms. The normalized spacial score (nSPS) is 19.5. The first-order chi connectivity index (χ1) is 20.7. The van der Waals surface area contributed by atoms with Crippen LogP contribution in [-0.2, 0) is 14.4 Å². The van der Waals surface area contributed by atoms with Crippen LogP contribution < -0.4 is 14.8 Å². The van der Waals surface area contributed by atoms with Crippen molar-refractivity contribution in [2.75, 3.05) is 25.6 Å². The van der Waals surface area contributed by atoms with E-state index in [0.717, 1.165) is 59.5 Å². The van der Waals surface area contributed by atoms with Crippen LogP contribution in [0.4, 0.5) is 5.69 Å². The topological polar surface area (TPSA) is 84.9 Å². The zero-order valence-electron chi connectivity index (χ0n) is 26.9. The molecule has 0 atom stereocenters. The second-order valence-corrected chi connectivity index (χ2v) is 14.3. The number of anilines is 1. The Hall–Kier alpha value is -3.58. The molecule has 7 nitrogen and oxygen atoms in total. The van der Waals surface area contributed by atoms with Gasteiger partial charge in [0, 0.05) is 58.6 Å². The number of rotatable bonds is 8. The quantitative estimate of drug-likeness (QED) is 0.325. The van der Waals surface area contributed by atoms with Crippen molar-refractivity contribution in [3.05, 3.63) is 75.1 Å². The van der Waals surface area contributed by atoms with Crippen LogP contribution in [0.1, 0.15) is 83.8 Å². The smallest absolute Gasteiger partial charge is 0.262 e. The lowest BCUT2D eigenvalue weighted by Crippen LogP contribution is -2.44. The molecular formula is C36H43ClN2O5. The van der Waals surface area contributed by atoms with Crippen LogP contribution in [0.25, 0.3) is 0 Å². The zero-order chi connectivity index (χ0) is 32.0. The Balaban J connectivity index is 1.51. The molecule has 1 amide bonds. The lowest BCUT2D eigenvalue weighted by atomic mass is 9.63. The van der Waals surface area contributed by atoms with E-state index in [1.807, 2.05) is 25.1 Å². The number of allylic oxidation sites excluding steroid dienone is 4. The number of methoxy groups -OCH3 is 1. The van der Waals surface area contributed by atoms with Crippen LogP contribution in [0.2, 0.25) is 5.02 Å². The number of Topliss-reactive ketones (excluding diaryl/α,β-unsaturated/α-hetero) is 2. The molecule has 2 aromatic rings. The number of nitrogens with zero attached hydrogens (tertiary/aromatic N) is 1. The molecule has 0 spiro atoms. The highest BCUT2D eigenvalue weighted by Gasteiger charge is 2.48. The van der Waals surface area contributed by atoms with E-state index in [0.29, 0.717) is 35.1 Å². The summed E-state index contributed by atoms with van der Waals surface area (Å²) in [5, 5.41) is 3.37. The number of aryl methyl sites for hydroxylation is 1. The number of carbonyl (C=O) groups is 3. The Labute approximate surface area is 265 Å². The van der Waals surface area contributed by atoms with Crippen molar-refractivity contribution in [3.8, 4) is 11.5 Å². The fourth-order valence-corrected chi connectivity index (χ4v) is 7.05. The predicted octanol–water partition coefficient (Wildman–Crippen LogP) is 7.77. The number of amides is 1. The second-order valence-electron chi connectivity index (χ2n) is 13.9. The van der Waals surface area contributed by atoms with Gasteiger partial charge >= 0.3 is 0 Å². The van der Waals surface area contributed by atoms with E-state index in [1.54, 1.807) is 25.3 Å². The summed E-state index contributed by atoms with van der Waals surface area (Å²) in [7, 11) is 1.54. The highest BCUT2D eigenvalue weighted by atomic mass is 35.5. The Morgan fingerprint density at radius 2 is 1.55 bits per heavy atom. The molecular weight excluding hydrogens is 576 g/mol. The Morgan fingerprint density at radius 3 is 2.09 bits per heavy atom. The van der Waals surface area contributed by atoms with Gasteiger partial charge < -0.3 is 19.7 Å². The van der Waals surface area contributed by atoms with Crippen molar-refractivity contribution in [2.45, 2.75) is 79.6 Å². The molecule has 0 fully saturated rings. The largest absolute Gasteiger partial charge is 0.493 e. The average Bonchev–Trinajstić information content (AvgIpc) is 2.93. The van der Waals surface area contributed by atoms with Crippen molar-refractivity contribution in [1.29, 1.82) is 0 Å². The SMILES string of the molecule is CCCN1C2=C(C(=O)CC(C)(C)C2)C(c2ccc(OCC(=O)Nc3ccc(C)c(Cl)c3)c(OC)c2)C2=C1CC(C)(C)CC2=O. The van der Waals surface area contributed by atoms with E-state index < -0.39 is 5.92 Å². The number of hydrogen-bond acceptors (Lipinski definition) is 6. The molecule has 0 unspecified atom stereocenters. The highest BCUT2D eigenvalue weighted by Crippen LogP contribution is 2.55. The number of hydrogen-bond donors (Lipinski definition) is 1. The number of ether oxygens (including phenoxy) is 2. The maximum Gasteiger partial charge on any atom is 0.262 e. The maximum absolute atomic E-state index is 13.9. The van der Waals surface area contributed by atoms with Gasteiger partial charge in [-0.1, -0.05) is 58.4 Å². The number of ketones is 2. The molecule has 1 N–H and O–H groups in total. The summed E-state index contributed by atoms with van der Waals surface area (Å²) >= 11 is 6.19. The van der Waals surface area contributed by atoms with E-state index in [-0.39, 0.29) is 34.9 Å². The minimum atomic E-state index is -0.474. The molecule has 3 aliphatic rings. The van der Waals surface area contributed by atoms with E-state index in [9.17, 15) is 14.4 Å². The molecule has 5 rings (SSSR count). The van der Waals surface area contributed by atoms with Crippen molar-refractivity contribution in [1.82, 2.24) is 4.90 Å². The molecule has 44 heavy (non-hydrogen) atoms. The number of halogens is 1. The molecule has 0 radical (unpaired) electrons. The first-order valence-electron chi connectivity index (χ1n) is 15.4. The van der Waals surface area contributed by atoms with Crippen LogP contribution in [0.5, 0.6) is 11.5 Å². The van der Waals surface area contributed by atoms with Crippen molar-refractivity contribution in [2.24, 2.45) is 10.8 Å². The molecule has 1 heterocycles. The second kappa shape index (κ2) is 12.1. The van der Waals surface area contributed by atoms with Gasteiger partial charge in [-0.15, -0.1) is 0 Å². The lowest BCUT2D eigenvalue weighted by Gasteiger charge is -2.49. The maximum atomic E-state index is 13.9. The summed E-state index contributed by atoms with van der Waals surface area (Å²) in [4.78, 5) is 42.9. The van der Waals surface area contributed by atoms with Crippen LogP contribution in [0, 0.1) is 17.8 Å². The van der Waals surface area contributed by atoms with Crippen LogP contribution in [-0.4, -0.2) is 42.6 Å². The van der Waals surface area contributed by atoms with Gasteiger partial charge in [-0.05, 0) is 72.4 Å². The summed E-state index contributed by atoms with van der Waals surface area (Å²) in [5.41, 5.74) is 5.55. The Morgan fingerprint density at radius 1 is 0.932 bits per heavy atom. The van der Waals surface area contributed by atoms with E-state index in [2.05, 4.69) is 44.8 Å². The average molecular weight is 619 g/mol. The molecule has 2 aromatic carbocycles. The van der Waals surface area contributed by atoms with Crippen LogP contribution in [0.3, 0.4) is 0 Å². The summed E-state index contributed by atoms with van der Waals surface area (Å²) in [6, 6.07) is 10.8. The van der Waals surface area contributed by atoms with E-state index in [1.165, 1.54) is 0 Å². The summed E-state index contributed by atoms with van der Waals surface area (Å²) in [6.07, 6.45) is 3.32. The van der Waals surface area contributed by atoms with E-state index >= 15 is 0 Å². The van der Waals surface area contributed by atoms with Crippen LogP contribution in [0.15, 0.2) is 58.9 Å². The predicted molar refractivity (Wildman–Crippen MR) is 173 cm³/mol. The first-order valence-corrected chi connectivity index (χ1v) is 15.8. The van der Waals surface area contributed by atoms with Crippen molar-refractivity contribution < 1.29 is 23.9 Å². The molecule has 2 aliphatic carbocycles. The molecule has 0 aromatic heterocycles. The summed E-state index contributed by atoms with van der Waals surface area (Å²) < 4.78 is 11.6. The lowest BCUT2D eigenvalue weighted by molar-refractivity contribution is -0.120. The third kappa shape index (κ3) is 6.30. The van der Waals surface area contributed by atoms with Crippen LogP contribution >= 0.6 is 11.6 Å². The fraction of sp³-hybridized carbons (Fsp3) is 0.472. The molecule has 1 aliphatic heterocycles. The first kappa shape index (κ1) is 31.8. The number of benzene rings is 2. The number of carbonyl (C=O) groups excluding carboxylic acids is 3. The van der Waals surface area contributed by atoms with Gasteiger partial charge in [-0.3, -0.25) is 14.4 Å². The summed E-state index contributed by atoms with van der Waals surface area (Å²) in [5.74, 6) is 0.207. The van der Waals surface area contributed by atoms with Gasteiger partial charge in [0.2, 0.25) is 0 Å². The van der Waals surface area contributed by atoms with Gasteiger partial charge in [-0.25, -0.2) is 0 Å². The molecule has 234 valence electrons. The van der Waals surface area contributed by atoms with Gasteiger partial charge in [0.1, 0.15) is 0 Å². The zero-order valence-corrected chi connectivity index (χ0v) is 27.6. The minimum Gasteiger partial charge on any atom is -0.493 e. The highest BCUT2D eigenvalue weighted by molar-refractivity contribution is 6.31. The number of nitrogens with one attached hydrogen (secondary N) is 1. The van der Waals surface area contributed by atoms with Gasteiger partial charge in [0.05, 0.1) is 7.11 Å². The standard InChI is InChI=1S/C36H43ClN2O5/c1-8-13-39-25-16-35(3,4)18-27(40)33(25)32(34-26(39)17-36(5,6)19-28(34)41)22-10-12-29(30(14-22)43-7)44-20-31(42)38-23-11-9-21(2)24(37)15-23/h9-12,14-15,32H,8,13,16-20H2,1-7H3,(H,38,42). The fourth-order valence-electron chi connectivity index (χ4n) is 6.87. The van der Waals surface area contributed by atoms with E-state index in [4.69, 9.17) is 21.1 Å². The minimum absolute atomic E-state index is 0.0960. The molecule has 0 saturated heterocycles. The molecule has 0 saturated carbocycles. The summed E-state index contributed by atoms with van der Waals surface area (Å²) in [6.45, 7) is 13.1. The molecule has 0 bridgehead atoms. The monoisotopic (exact) mass is 618 g/mol.